The summed E-state index contributed by atoms with van der Waals surface area (Å²) in [6.45, 7) is 1.96. The summed E-state index contributed by atoms with van der Waals surface area (Å²) in [5.41, 5.74) is 1.10. The molecule has 1 rings (SSSR count). The summed E-state index contributed by atoms with van der Waals surface area (Å²) in [5, 5.41) is 8.54. The van der Waals surface area contributed by atoms with Crippen LogP contribution in [-0.4, -0.2) is 32.4 Å². The first kappa shape index (κ1) is 13.9. The van der Waals surface area contributed by atoms with E-state index in [1.807, 2.05) is 25.4 Å². The van der Waals surface area contributed by atoms with Crippen molar-refractivity contribution in [2.75, 3.05) is 26.4 Å². The zero-order valence-corrected chi connectivity index (χ0v) is 11.1. The van der Waals surface area contributed by atoms with Crippen LogP contribution in [0.5, 0.6) is 0 Å². The second kappa shape index (κ2) is 7.97. The average molecular weight is 253 g/mol. The number of likely N-dealkylation sites (N-methyl/N-ethyl adjacent to an activating group) is 1. The Bertz CT molecular complexity index is 340. The molecular formula is C12H19N3OS. The lowest BCUT2D eigenvalue weighted by atomic mass is 10.2. The Labute approximate surface area is 107 Å². The van der Waals surface area contributed by atoms with Gasteiger partial charge in [-0.3, -0.25) is 0 Å². The first-order valence-electron chi connectivity index (χ1n) is 5.55. The standard InChI is InChI=1S/C12H19N3OS/c1-13-7-8-14-12(16)15-9-10-3-5-11(17-2)6-4-10/h3-6,13H,7-9H2,1-2H3,(H2,14,15,16). The minimum Gasteiger partial charge on any atom is -0.337 e. The van der Waals surface area contributed by atoms with Crippen LogP contribution < -0.4 is 16.0 Å². The zero-order valence-electron chi connectivity index (χ0n) is 10.2. The highest BCUT2D eigenvalue weighted by Crippen LogP contribution is 2.14. The molecular weight excluding hydrogens is 234 g/mol. The van der Waals surface area contributed by atoms with Gasteiger partial charge < -0.3 is 16.0 Å². The Morgan fingerprint density at radius 3 is 2.47 bits per heavy atom. The summed E-state index contributed by atoms with van der Waals surface area (Å²) in [6.07, 6.45) is 2.04. The van der Waals surface area contributed by atoms with Gasteiger partial charge >= 0.3 is 6.03 Å². The molecule has 4 nitrogen and oxygen atoms in total. The molecule has 94 valence electrons. The highest BCUT2D eigenvalue weighted by molar-refractivity contribution is 7.98. The first-order valence-corrected chi connectivity index (χ1v) is 6.78. The van der Waals surface area contributed by atoms with Gasteiger partial charge in [-0.05, 0) is 31.0 Å². The van der Waals surface area contributed by atoms with Crippen LogP contribution in [0.25, 0.3) is 0 Å². The molecule has 0 unspecified atom stereocenters. The van der Waals surface area contributed by atoms with Crippen LogP contribution in [-0.2, 0) is 6.54 Å². The summed E-state index contributed by atoms with van der Waals surface area (Å²) < 4.78 is 0. The highest BCUT2D eigenvalue weighted by Gasteiger charge is 1.99. The number of urea groups is 1. The quantitative estimate of drug-likeness (QED) is 0.531. The third-order valence-electron chi connectivity index (χ3n) is 2.27. The Kier molecular flexibility index (Phi) is 6.50. The second-order valence-corrected chi connectivity index (χ2v) is 4.44. The van der Waals surface area contributed by atoms with Crippen molar-refractivity contribution in [3.8, 4) is 0 Å². The highest BCUT2D eigenvalue weighted by atomic mass is 32.2. The normalized spacial score (nSPS) is 10.0. The monoisotopic (exact) mass is 253 g/mol. The molecule has 0 saturated carbocycles. The van der Waals surface area contributed by atoms with E-state index in [4.69, 9.17) is 0 Å². The summed E-state index contributed by atoms with van der Waals surface area (Å²) >= 11 is 1.71. The molecule has 0 fully saturated rings. The van der Waals surface area contributed by atoms with Crippen LogP contribution in [0.1, 0.15) is 5.56 Å². The van der Waals surface area contributed by atoms with Crippen LogP contribution in [0.4, 0.5) is 4.79 Å². The largest absolute Gasteiger partial charge is 0.337 e. The molecule has 3 N–H and O–H groups in total. The van der Waals surface area contributed by atoms with E-state index in [9.17, 15) is 4.79 Å². The van der Waals surface area contributed by atoms with Crippen molar-refractivity contribution >= 4 is 17.8 Å². The Balaban J connectivity index is 2.27. The minimum atomic E-state index is -0.130. The molecule has 0 atom stereocenters. The predicted octanol–water partition coefficient (Wildman–Crippen LogP) is 1.43. The molecule has 0 aromatic heterocycles. The van der Waals surface area contributed by atoms with Crippen LogP contribution in [0.2, 0.25) is 0 Å². The number of carbonyl (C=O) groups is 1. The minimum absolute atomic E-state index is 0.130. The molecule has 0 saturated heterocycles. The van der Waals surface area contributed by atoms with Crippen molar-refractivity contribution in [1.29, 1.82) is 0 Å². The van der Waals surface area contributed by atoms with Crippen molar-refractivity contribution in [2.24, 2.45) is 0 Å². The van der Waals surface area contributed by atoms with Crippen molar-refractivity contribution in [3.63, 3.8) is 0 Å². The fraction of sp³-hybridized carbons (Fsp3) is 0.417. The summed E-state index contributed by atoms with van der Waals surface area (Å²) in [5.74, 6) is 0. The van der Waals surface area contributed by atoms with Crippen molar-refractivity contribution in [3.05, 3.63) is 29.8 Å². The lowest BCUT2D eigenvalue weighted by molar-refractivity contribution is 0.240. The maximum absolute atomic E-state index is 11.4. The summed E-state index contributed by atoms with van der Waals surface area (Å²) in [6, 6.07) is 8.04. The van der Waals surface area contributed by atoms with Crippen molar-refractivity contribution < 1.29 is 4.79 Å². The second-order valence-electron chi connectivity index (χ2n) is 3.56. The number of thioether (sulfide) groups is 1. The number of nitrogens with one attached hydrogen (secondary N) is 3. The molecule has 0 heterocycles. The fourth-order valence-corrected chi connectivity index (χ4v) is 1.70. The lowest BCUT2D eigenvalue weighted by Gasteiger charge is -2.07. The smallest absolute Gasteiger partial charge is 0.315 e. The van der Waals surface area contributed by atoms with Gasteiger partial charge in [-0.2, -0.15) is 0 Å². The molecule has 0 spiro atoms. The molecule has 5 heteroatoms. The van der Waals surface area contributed by atoms with Crippen LogP contribution >= 0.6 is 11.8 Å². The zero-order chi connectivity index (χ0) is 12.5. The Morgan fingerprint density at radius 1 is 1.18 bits per heavy atom. The summed E-state index contributed by atoms with van der Waals surface area (Å²) in [4.78, 5) is 12.6. The van der Waals surface area contributed by atoms with Crippen molar-refractivity contribution in [1.82, 2.24) is 16.0 Å². The first-order chi connectivity index (χ1) is 8.26. The molecule has 17 heavy (non-hydrogen) atoms. The van der Waals surface area contributed by atoms with E-state index >= 15 is 0 Å². The van der Waals surface area contributed by atoms with Crippen LogP contribution in [0.3, 0.4) is 0 Å². The van der Waals surface area contributed by atoms with Gasteiger partial charge in [0.05, 0.1) is 0 Å². The lowest BCUT2D eigenvalue weighted by Crippen LogP contribution is -2.38. The number of carbonyl (C=O) groups excluding carboxylic acids is 1. The average Bonchev–Trinajstić information content (AvgIpc) is 2.37. The number of rotatable bonds is 6. The number of benzene rings is 1. The molecule has 0 radical (unpaired) electrons. The molecule has 0 aliphatic carbocycles. The van der Waals surface area contributed by atoms with E-state index in [1.54, 1.807) is 11.8 Å². The van der Waals surface area contributed by atoms with Gasteiger partial charge in [0.2, 0.25) is 0 Å². The van der Waals surface area contributed by atoms with Crippen LogP contribution in [0.15, 0.2) is 29.2 Å². The van der Waals surface area contributed by atoms with Gasteiger partial charge in [-0.1, -0.05) is 12.1 Å². The van der Waals surface area contributed by atoms with E-state index in [1.165, 1.54) is 4.90 Å². The van der Waals surface area contributed by atoms with Gasteiger partial charge in [0, 0.05) is 24.5 Å². The van der Waals surface area contributed by atoms with Gasteiger partial charge in [-0.15, -0.1) is 11.8 Å². The summed E-state index contributed by atoms with van der Waals surface area (Å²) in [7, 11) is 1.85. The number of hydrogen-bond acceptors (Lipinski definition) is 3. The molecule has 2 amide bonds. The maximum atomic E-state index is 11.4. The predicted molar refractivity (Wildman–Crippen MR) is 72.4 cm³/mol. The number of amides is 2. The molecule has 0 aliphatic heterocycles. The Hall–Kier alpha value is -1.20. The fourth-order valence-electron chi connectivity index (χ4n) is 1.29. The third-order valence-corrected chi connectivity index (χ3v) is 3.02. The van der Waals surface area contributed by atoms with E-state index in [2.05, 4.69) is 28.1 Å². The van der Waals surface area contributed by atoms with E-state index < -0.39 is 0 Å². The Morgan fingerprint density at radius 2 is 1.88 bits per heavy atom. The molecule has 0 aliphatic rings. The number of hydrogen-bond donors (Lipinski definition) is 3. The van der Waals surface area contributed by atoms with Gasteiger partial charge in [0.15, 0.2) is 0 Å². The SMILES string of the molecule is CNCCNC(=O)NCc1ccc(SC)cc1. The van der Waals surface area contributed by atoms with Gasteiger partial charge in [0.25, 0.3) is 0 Å². The molecule has 0 bridgehead atoms. The molecule has 1 aromatic carbocycles. The van der Waals surface area contributed by atoms with Gasteiger partial charge in [-0.25, -0.2) is 4.79 Å². The van der Waals surface area contributed by atoms with E-state index in [0.717, 1.165) is 12.1 Å². The van der Waals surface area contributed by atoms with Gasteiger partial charge in [0.1, 0.15) is 0 Å². The van der Waals surface area contributed by atoms with E-state index in [0.29, 0.717) is 13.1 Å². The topological polar surface area (TPSA) is 53.2 Å². The van der Waals surface area contributed by atoms with E-state index in [-0.39, 0.29) is 6.03 Å². The third kappa shape index (κ3) is 5.60. The molecule has 1 aromatic rings. The maximum Gasteiger partial charge on any atom is 0.315 e. The van der Waals surface area contributed by atoms with Crippen molar-refractivity contribution in [2.45, 2.75) is 11.4 Å². The van der Waals surface area contributed by atoms with Crippen LogP contribution in [0, 0.1) is 0 Å².